The van der Waals surface area contributed by atoms with Crippen LogP contribution >= 0.6 is 0 Å². The Morgan fingerprint density at radius 3 is 2.47 bits per heavy atom. The number of carbonyl (C=O) groups is 1. The molecule has 17 heavy (non-hydrogen) atoms. The van der Waals surface area contributed by atoms with Gasteiger partial charge >= 0.3 is 0 Å². The number of ether oxygens (including phenoxy) is 2. The summed E-state index contributed by atoms with van der Waals surface area (Å²) in [5.74, 6) is 1.51. The topological polar surface area (TPSA) is 47.6 Å². The fourth-order valence-electron chi connectivity index (χ4n) is 2.20. The number of fused-ring (bicyclic) bond motifs is 1. The number of rotatable bonds is 2. The third-order valence-electron chi connectivity index (χ3n) is 3.11. The third kappa shape index (κ3) is 2.20. The van der Waals surface area contributed by atoms with E-state index in [1.807, 2.05) is 19.1 Å². The summed E-state index contributed by atoms with van der Waals surface area (Å²) in [6, 6.07) is 3.93. The van der Waals surface area contributed by atoms with Crippen LogP contribution in [-0.2, 0) is 11.2 Å². The van der Waals surface area contributed by atoms with Crippen molar-refractivity contribution in [2.24, 2.45) is 0 Å². The number of nitrogens with one attached hydrogen (secondary N) is 1. The van der Waals surface area contributed by atoms with Crippen molar-refractivity contribution in [2.45, 2.75) is 25.8 Å². The minimum Gasteiger partial charge on any atom is -0.493 e. The van der Waals surface area contributed by atoms with E-state index in [9.17, 15) is 4.79 Å². The van der Waals surface area contributed by atoms with E-state index >= 15 is 0 Å². The lowest BCUT2D eigenvalue weighted by Crippen LogP contribution is -2.24. The lowest BCUT2D eigenvalue weighted by atomic mass is 9.99. The van der Waals surface area contributed by atoms with Crippen LogP contribution in [0.3, 0.4) is 0 Å². The lowest BCUT2D eigenvalue weighted by Gasteiger charge is -2.17. The molecule has 0 spiro atoms. The van der Waals surface area contributed by atoms with Crippen molar-refractivity contribution in [1.82, 2.24) is 5.32 Å². The highest BCUT2D eigenvalue weighted by Crippen LogP contribution is 2.34. The second kappa shape index (κ2) is 4.65. The van der Waals surface area contributed by atoms with Gasteiger partial charge in [0, 0.05) is 6.42 Å². The van der Waals surface area contributed by atoms with Gasteiger partial charge in [-0.3, -0.25) is 4.79 Å². The molecule has 1 aromatic carbocycles. The van der Waals surface area contributed by atoms with Gasteiger partial charge < -0.3 is 14.8 Å². The van der Waals surface area contributed by atoms with Crippen molar-refractivity contribution < 1.29 is 14.3 Å². The molecule has 0 aromatic heterocycles. The molecule has 0 saturated heterocycles. The van der Waals surface area contributed by atoms with Crippen molar-refractivity contribution in [3.8, 4) is 11.5 Å². The first-order valence-electron chi connectivity index (χ1n) is 5.70. The van der Waals surface area contributed by atoms with Gasteiger partial charge in [0.2, 0.25) is 5.91 Å². The molecule has 4 nitrogen and oxygen atoms in total. The first-order chi connectivity index (χ1) is 8.15. The molecule has 92 valence electrons. The number of carbonyl (C=O) groups excluding carboxylic acids is 1. The Kier molecular flexibility index (Phi) is 3.22. The van der Waals surface area contributed by atoms with Crippen LogP contribution in [-0.4, -0.2) is 20.1 Å². The largest absolute Gasteiger partial charge is 0.493 e. The van der Waals surface area contributed by atoms with Gasteiger partial charge in [-0.05, 0) is 36.6 Å². The summed E-state index contributed by atoms with van der Waals surface area (Å²) in [6.07, 6.45) is 1.26. The molecule has 4 heteroatoms. The average molecular weight is 235 g/mol. The van der Waals surface area contributed by atoms with Gasteiger partial charge in [0.25, 0.3) is 0 Å². The first-order valence-corrected chi connectivity index (χ1v) is 5.70. The Labute approximate surface area is 101 Å². The highest BCUT2D eigenvalue weighted by atomic mass is 16.5. The monoisotopic (exact) mass is 235 g/mol. The van der Waals surface area contributed by atoms with Gasteiger partial charge in [-0.2, -0.15) is 0 Å². The van der Waals surface area contributed by atoms with Gasteiger partial charge in [-0.1, -0.05) is 0 Å². The normalized spacial score (nSPS) is 19.0. The Morgan fingerprint density at radius 1 is 1.18 bits per heavy atom. The van der Waals surface area contributed by atoms with E-state index in [-0.39, 0.29) is 11.9 Å². The quantitative estimate of drug-likeness (QED) is 0.850. The molecule has 1 aromatic rings. The third-order valence-corrected chi connectivity index (χ3v) is 3.11. The molecule has 0 unspecified atom stereocenters. The second-order valence-corrected chi connectivity index (χ2v) is 4.20. The van der Waals surface area contributed by atoms with Crippen LogP contribution in [0.4, 0.5) is 0 Å². The SMILES string of the molecule is COc1cc2c(cc1OC)[C@@H](C)NC(=O)CC2. The van der Waals surface area contributed by atoms with Gasteiger partial charge in [-0.25, -0.2) is 0 Å². The minimum atomic E-state index is 0.0137. The molecule has 1 amide bonds. The molecule has 0 aliphatic carbocycles. The van der Waals surface area contributed by atoms with Crippen molar-refractivity contribution in [3.63, 3.8) is 0 Å². The molecule has 0 fully saturated rings. The van der Waals surface area contributed by atoms with Gasteiger partial charge in [0.1, 0.15) is 0 Å². The van der Waals surface area contributed by atoms with E-state index in [0.29, 0.717) is 17.9 Å². The van der Waals surface area contributed by atoms with E-state index in [1.54, 1.807) is 14.2 Å². The maximum Gasteiger partial charge on any atom is 0.220 e. The van der Waals surface area contributed by atoms with Crippen LogP contribution in [0.5, 0.6) is 11.5 Å². The predicted molar refractivity (Wildman–Crippen MR) is 64.4 cm³/mol. The zero-order valence-corrected chi connectivity index (χ0v) is 10.4. The second-order valence-electron chi connectivity index (χ2n) is 4.20. The van der Waals surface area contributed by atoms with Crippen molar-refractivity contribution in [3.05, 3.63) is 23.3 Å². The summed E-state index contributed by atoms with van der Waals surface area (Å²) >= 11 is 0. The maximum absolute atomic E-state index is 11.5. The molecule has 0 bridgehead atoms. The number of amides is 1. The van der Waals surface area contributed by atoms with Crippen molar-refractivity contribution >= 4 is 5.91 Å². The zero-order chi connectivity index (χ0) is 12.4. The molecule has 2 rings (SSSR count). The molecule has 1 aliphatic heterocycles. The summed E-state index contributed by atoms with van der Waals surface area (Å²) in [7, 11) is 3.23. The molecule has 1 N–H and O–H groups in total. The van der Waals surface area contributed by atoms with E-state index in [2.05, 4.69) is 5.32 Å². The summed E-state index contributed by atoms with van der Waals surface area (Å²) in [5.41, 5.74) is 2.25. The number of methoxy groups -OCH3 is 2. The maximum atomic E-state index is 11.5. The molecule has 0 radical (unpaired) electrons. The lowest BCUT2D eigenvalue weighted by molar-refractivity contribution is -0.121. The van der Waals surface area contributed by atoms with E-state index in [4.69, 9.17) is 9.47 Å². The summed E-state index contributed by atoms with van der Waals surface area (Å²) in [4.78, 5) is 11.5. The van der Waals surface area contributed by atoms with Crippen LogP contribution in [0.2, 0.25) is 0 Å². The van der Waals surface area contributed by atoms with E-state index in [1.165, 1.54) is 0 Å². The molecule has 1 aliphatic rings. The standard InChI is InChI=1S/C13H17NO3/c1-8-10-7-12(17-3)11(16-2)6-9(10)4-5-13(15)14-8/h6-8H,4-5H2,1-3H3,(H,14,15)/t8-/m1/s1. The molecular formula is C13H17NO3. The fourth-order valence-corrected chi connectivity index (χ4v) is 2.20. The van der Waals surface area contributed by atoms with Gasteiger partial charge in [-0.15, -0.1) is 0 Å². The average Bonchev–Trinajstić information content (AvgIpc) is 2.47. The summed E-state index contributed by atoms with van der Waals surface area (Å²) in [6.45, 7) is 1.98. The molecule has 1 heterocycles. The van der Waals surface area contributed by atoms with Crippen LogP contribution in [0.15, 0.2) is 12.1 Å². The van der Waals surface area contributed by atoms with E-state index < -0.39 is 0 Å². The van der Waals surface area contributed by atoms with Crippen LogP contribution in [0.25, 0.3) is 0 Å². The number of hydrogen-bond donors (Lipinski definition) is 1. The van der Waals surface area contributed by atoms with Crippen molar-refractivity contribution in [2.75, 3.05) is 14.2 Å². The fraction of sp³-hybridized carbons (Fsp3) is 0.462. The Morgan fingerprint density at radius 2 is 1.82 bits per heavy atom. The van der Waals surface area contributed by atoms with Gasteiger partial charge in [0.05, 0.1) is 20.3 Å². The van der Waals surface area contributed by atoms with Crippen molar-refractivity contribution in [1.29, 1.82) is 0 Å². The highest BCUT2D eigenvalue weighted by Gasteiger charge is 2.21. The summed E-state index contributed by atoms with van der Waals surface area (Å²) < 4.78 is 10.6. The number of hydrogen-bond acceptors (Lipinski definition) is 3. The smallest absolute Gasteiger partial charge is 0.220 e. The Hall–Kier alpha value is -1.71. The minimum absolute atomic E-state index is 0.0137. The molecule has 1 atom stereocenters. The predicted octanol–water partition coefficient (Wildman–Crippen LogP) is 1.83. The highest BCUT2D eigenvalue weighted by molar-refractivity contribution is 5.77. The van der Waals surface area contributed by atoms with Gasteiger partial charge in [0.15, 0.2) is 11.5 Å². The number of benzene rings is 1. The summed E-state index contributed by atoms with van der Waals surface area (Å²) in [5, 5.41) is 2.95. The zero-order valence-electron chi connectivity index (χ0n) is 10.4. The Balaban J connectivity index is 2.48. The van der Waals surface area contributed by atoms with Crippen LogP contribution in [0, 0.1) is 0 Å². The Bertz CT molecular complexity index is 443. The molecule has 0 saturated carbocycles. The van der Waals surface area contributed by atoms with Crippen LogP contribution < -0.4 is 14.8 Å². The molecular weight excluding hydrogens is 218 g/mol. The first kappa shape index (κ1) is 11.8. The number of aryl methyl sites for hydroxylation is 1. The van der Waals surface area contributed by atoms with E-state index in [0.717, 1.165) is 17.5 Å². The van der Waals surface area contributed by atoms with Crippen LogP contribution in [0.1, 0.15) is 30.5 Å².